The van der Waals surface area contributed by atoms with Crippen LogP contribution < -0.4 is 10.9 Å². The summed E-state index contributed by atoms with van der Waals surface area (Å²) in [5.74, 6) is -0.490. The van der Waals surface area contributed by atoms with Crippen LogP contribution in [0.5, 0.6) is 0 Å². The Bertz CT molecular complexity index is 754. The van der Waals surface area contributed by atoms with Gasteiger partial charge in [-0.1, -0.05) is 6.07 Å². The normalized spacial score (nSPS) is 10.1. The van der Waals surface area contributed by atoms with E-state index >= 15 is 0 Å². The van der Waals surface area contributed by atoms with E-state index in [4.69, 9.17) is 0 Å². The van der Waals surface area contributed by atoms with Crippen molar-refractivity contribution in [2.45, 2.75) is 13.5 Å². The maximum absolute atomic E-state index is 11.8. The number of rotatable bonds is 4. The molecule has 0 spiro atoms. The number of carbonyl (C=O) groups is 1. The van der Waals surface area contributed by atoms with Gasteiger partial charge in [0, 0.05) is 23.9 Å². The third kappa shape index (κ3) is 3.72. The van der Waals surface area contributed by atoms with E-state index in [0.29, 0.717) is 5.69 Å². The lowest BCUT2D eigenvalue weighted by atomic mass is 10.3. The van der Waals surface area contributed by atoms with Gasteiger partial charge in [-0.3, -0.25) is 19.7 Å². The number of nitro benzene ring substituents is 1. The zero-order valence-electron chi connectivity index (χ0n) is 11.1. The molecule has 1 aromatic carbocycles. The van der Waals surface area contributed by atoms with Crippen LogP contribution in [-0.2, 0) is 11.3 Å². The molecule has 0 bridgehead atoms. The molecule has 1 amide bonds. The highest BCUT2D eigenvalue weighted by Gasteiger charge is 2.09. The Morgan fingerprint density at radius 3 is 2.86 bits per heavy atom. The van der Waals surface area contributed by atoms with E-state index in [1.807, 2.05) is 0 Å². The average molecular weight is 288 g/mol. The van der Waals surface area contributed by atoms with E-state index in [0.717, 1.165) is 4.68 Å². The van der Waals surface area contributed by atoms with Crippen molar-refractivity contribution in [1.29, 1.82) is 0 Å². The fourth-order valence-corrected chi connectivity index (χ4v) is 1.70. The number of nitrogens with one attached hydrogen (secondary N) is 1. The first-order valence-electron chi connectivity index (χ1n) is 6.05. The second kappa shape index (κ2) is 5.95. The van der Waals surface area contributed by atoms with E-state index in [1.165, 1.54) is 30.3 Å². The van der Waals surface area contributed by atoms with Gasteiger partial charge in [-0.25, -0.2) is 4.68 Å². The Labute approximate surface area is 119 Å². The standard InChI is InChI=1S/C13H12N4O4/c1-9-5-6-13(19)16(15-9)8-12(18)14-10-3-2-4-11(7-10)17(20)21/h2-7H,8H2,1H3,(H,14,18). The van der Waals surface area contributed by atoms with Gasteiger partial charge >= 0.3 is 0 Å². The number of hydrogen-bond donors (Lipinski definition) is 1. The van der Waals surface area contributed by atoms with Crippen molar-refractivity contribution in [1.82, 2.24) is 9.78 Å². The monoisotopic (exact) mass is 288 g/mol. The molecule has 0 aliphatic carbocycles. The maximum Gasteiger partial charge on any atom is 0.271 e. The second-order valence-corrected chi connectivity index (χ2v) is 4.33. The molecule has 1 heterocycles. The number of anilines is 1. The summed E-state index contributed by atoms with van der Waals surface area (Å²) in [5.41, 5.74) is 0.376. The fraction of sp³-hybridized carbons (Fsp3) is 0.154. The number of carbonyl (C=O) groups excluding carboxylic acids is 1. The van der Waals surface area contributed by atoms with Gasteiger partial charge in [0.25, 0.3) is 11.2 Å². The average Bonchev–Trinajstić information content (AvgIpc) is 2.43. The number of amides is 1. The second-order valence-electron chi connectivity index (χ2n) is 4.33. The van der Waals surface area contributed by atoms with Crippen molar-refractivity contribution in [3.8, 4) is 0 Å². The number of hydrogen-bond acceptors (Lipinski definition) is 5. The zero-order valence-corrected chi connectivity index (χ0v) is 11.1. The SMILES string of the molecule is Cc1ccc(=O)n(CC(=O)Nc2cccc([N+](=O)[O-])c2)n1. The molecule has 0 atom stereocenters. The quantitative estimate of drug-likeness (QED) is 0.669. The van der Waals surface area contributed by atoms with Crippen LogP contribution in [0.1, 0.15) is 5.69 Å². The van der Waals surface area contributed by atoms with Gasteiger partial charge in [0.1, 0.15) is 6.54 Å². The lowest BCUT2D eigenvalue weighted by Crippen LogP contribution is -2.29. The van der Waals surface area contributed by atoms with E-state index in [2.05, 4.69) is 10.4 Å². The van der Waals surface area contributed by atoms with Gasteiger partial charge in [-0.15, -0.1) is 0 Å². The molecule has 1 N–H and O–H groups in total. The number of nitrogens with zero attached hydrogens (tertiary/aromatic N) is 3. The van der Waals surface area contributed by atoms with Crippen LogP contribution in [0, 0.1) is 17.0 Å². The largest absolute Gasteiger partial charge is 0.324 e. The molecular weight excluding hydrogens is 276 g/mol. The summed E-state index contributed by atoms with van der Waals surface area (Å²) in [7, 11) is 0. The first-order chi connectivity index (χ1) is 9.95. The minimum atomic E-state index is -0.553. The summed E-state index contributed by atoms with van der Waals surface area (Å²) in [4.78, 5) is 33.5. The first-order valence-corrected chi connectivity index (χ1v) is 6.05. The fourth-order valence-electron chi connectivity index (χ4n) is 1.70. The van der Waals surface area contributed by atoms with Crippen LogP contribution in [0.4, 0.5) is 11.4 Å². The minimum Gasteiger partial charge on any atom is -0.324 e. The minimum absolute atomic E-state index is 0.126. The van der Waals surface area contributed by atoms with Gasteiger partial charge in [0.15, 0.2) is 0 Å². The van der Waals surface area contributed by atoms with Crippen LogP contribution in [0.25, 0.3) is 0 Å². The molecule has 2 rings (SSSR count). The van der Waals surface area contributed by atoms with Crippen LogP contribution in [-0.4, -0.2) is 20.6 Å². The Morgan fingerprint density at radius 2 is 2.14 bits per heavy atom. The lowest BCUT2D eigenvalue weighted by Gasteiger charge is -2.07. The van der Waals surface area contributed by atoms with Crippen molar-refractivity contribution in [2.24, 2.45) is 0 Å². The summed E-state index contributed by atoms with van der Waals surface area (Å²) >= 11 is 0. The van der Waals surface area contributed by atoms with Crippen LogP contribution in [0.2, 0.25) is 0 Å². The molecule has 0 aliphatic heterocycles. The molecule has 1 aromatic heterocycles. The molecule has 0 saturated heterocycles. The van der Waals surface area contributed by atoms with E-state index in [1.54, 1.807) is 13.0 Å². The first kappa shape index (κ1) is 14.4. The number of benzene rings is 1. The van der Waals surface area contributed by atoms with Crippen molar-refractivity contribution in [3.05, 3.63) is 62.6 Å². The van der Waals surface area contributed by atoms with Crippen LogP contribution in [0.15, 0.2) is 41.2 Å². The van der Waals surface area contributed by atoms with E-state index in [9.17, 15) is 19.7 Å². The molecule has 0 aliphatic rings. The molecule has 0 fully saturated rings. The van der Waals surface area contributed by atoms with Gasteiger partial charge < -0.3 is 5.32 Å². The Hall–Kier alpha value is -3.03. The van der Waals surface area contributed by atoms with Gasteiger partial charge in [-0.05, 0) is 19.1 Å². The molecule has 0 saturated carbocycles. The number of non-ortho nitro benzene ring substituents is 1. The Morgan fingerprint density at radius 1 is 1.38 bits per heavy atom. The van der Waals surface area contributed by atoms with Crippen molar-refractivity contribution in [2.75, 3.05) is 5.32 Å². The topological polar surface area (TPSA) is 107 Å². The molecule has 8 nitrogen and oxygen atoms in total. The predicted octanol–water partition coefficient (Wildman–Crippen LogP) is 1.10. The maximum atomic E-state index is 11.8. The summed E-state index contributed by atoms with van der Waals surface area (Å²) in [6.45, 7) is 1.44. The van der Waals surface area contributed by atoms with Crippen molar-refractivity contribution < 1.29 is 9.72 Å². The predicted molar refractivity (Wildman–Crippen MR) is 75.0 cm³/mol. The Balaban J connectivity index is 2.11. The van der Waals surface area contributed by atoms with E-state index < -0.39 is 16.4 Å². The lowest BCUT2D eigenvalue weighted by molar-refractivity contribution is -0.384. The Kier molecular flexibility index (Phi) is 4.07. The molecule has 0 radical (unpaired) electrons. The highest BCUT2D eigenvalue weighted by Crippen LogP contribution is 2.16. The van der Waals surface area contributed by atoms with Gasteiger partial charge in [-0.2, -0.15) is 5.10 Å². The zero-order chi connectivity index (χ0) is 15.4. The molecule has 108 valence electrons. The number of aromatic nitrogens is 2. The third-order valence-corrected chi connectivity index (χ3v) is 2.63. The van der Waals surface area contributed by atoms with Crippen LogP contribution in [0.3, 0.4) is 0 Å². The van der Waals surface area contributed by atoms with Crippen molar-refractivity contribution >= 4 is 17.3 Å². The molecular formula is C13H12N4O4. The molecule has 0 unspecified atom stereocenters. The summed E-state index contributed by atoms with van der Waals surface area (Å²) in [6, 6.07) is 8.43. The molecule has 2 aromatic rings. The van der Waals surface area contributed by atoms with Gasteiger partial charge in [0.2, 0.25) is 5.91 Å². The smallest absolute Gasteiger partial charge is 0.271 e. The summed E-state index contributed by atoms with van der Waals surface area (Å²) in [5, 5.41) is 17.1. The number of nitro groups is 1. The van der Waals surface area contributed by atoms with Crippen molar-refractivity contribution in [3.63, 3.8) is 0 Å². The third-order valence-electron chi connectivity index (χ3n) is 2.63. The number of aryl methyl sites for hydroxylation is 1. The summed E-state index contributed by atoms with van der Waals surface area (Å²) in [6.07, 6.45) is 0. The van der Waals surface area contributed by atoms with Crippen LogP contribution >= 0.6 is 0 Å². The van der Waals surface area contributed by atoms with E-state index in [-0.39, 0.29) is 17.9 Å². The highest BCUT2D eigenvalue weighted by molar-refractivity contribution is 5.90. The van der Waals surface area contributed by atoms with Gasteiger partial charge in [0.05, 0.1) is 10.6 Å². The summed E-state index contributed by atoms with van der Waals surface area (Å²) < 4.78 is 1.03. The molecule has 21 heavy (non-hydrogen) atoms. The molecule has 8 heteroatoms. The highest BCUT2D eigenvalue weighted by atomic mass is 16.6.